The Bertz CT molecular complexity index is 748. The summed E-state index contributed by atoms with van der Waals surface area (Å²) in [6, 6.07) is 11.3. The first-order valence-corrected chi connectivity index (χ1v) is 9.01. The second kappa shape index (κ2) is 8.83. The molecule has 2 aromatic rings. The van der Waals surface area contributed by atoms with E-state index in [0.717, 1.165) is 12.1 Å². The van der Waals surface area contributed by atoms with Crippen LogP contribution in [0.1, 0.15) is 30.6 Å². The first-order valence-electron chi connectivity index (χ1n) is 9.01. The van der Waals surface area contributed by atoms with Crippen LogP contribution in [-0.2, 0) is 9.47 Å². The van der Waals surface area contributed by atoms with Gasteiger partial charge in [0.15, 0.2) is 0 Å². The molecule has 5 heteroatoms. The predicted octanol–water partition coefficient (Wildman–Crippen LogP) is 3.35. The Balaban J connectivity index is 1.71. The van der Waals surface area contributed by atoms with Gasteiger partial charge in [-0.3, -0.25) is 4.79 Å². The van der Waals surface area contributed by atoms with Crippen molar-refractivity contribution in [2.24, 2.45) is 0 Å². The summed E-state index contributed by atoms with van der Waals surface area (Å²) >= 11 is 0. The summed E-state index contributed by atoms with van der Waals surface area (Å²) in [7, 11) is 0. The van der Waals surface area contributed by atoms with Gasteiger partial charge in [-0.2, -0.15) is 0 Å². The molecular weight excluding hydrogens is 328 g/mol. The second-order valence-electron chi connectivity index (χ2n) is 6.70. The van der Waals surface area contributed by atoms with Crippen LogP contribution in [0.15, 0.2) is 60.4 Å². The van der Waals surface area contributed by atoms with E-state index < -0.39 is 0 Å². The lowest BCUT2D eigenvalue weighted by Crippen LogP contribution is -2.50. The molecule has 26 heavy (non-hydrogen) atoms. The highest BCUT2D eigenvalue weighted by Gasteiger charge is 2.28. The van der Waals surface area contributed by atoms with Gasteiger partial charge in [-0.1, -0.05) is 23.8 Å². The van der Waals surface area contributed by atoms with Gasteiger partial charge in [0.25, 0.3) is 5.91 Å². The maximum atomic E-state index is 12.9. The molecule has 1 aliphatic heterocycles. The Labute approximate surface area is 154 Å². The van der Waals surface area contributed by atoms with Crippen LogP contribution in [0.5, 0.6) is 0 Å². The molecule has 1 saturated heterocycles. The lowest BCUT2D eigenvalue weighted by molar-refractivity contribution is -0.0457. The van der Waals surface area contributed by atoms with Crippen LogP contribution >= 0.6 is 0 Å². The number of carbonyl (C=O) groups is 1. The molecule has 2 heterocycles. The normalized spacial score (nSPS) is 19.8. The molecule has 2 atom stereocenters. The topological polar surface area (TPSA) is 52.5 Å². The molecule has 1 N–H and O–H groups in total. The van der Waals surface area contributed by atoms with Crippen molar-refractivity contribution in [3.8, 4) is 5.69 Å². The van der Waals surface area contributed by atoms with Crippen LogP contribution in [0.3, 0.4) is 0 Å². The molecular formula is C21H26N2O3. The van der Waals surface area contributed by atoms with Crippen molar-refractivity contribution in [2.45, 2.75) is 32.4 Å². The van der Waals surface area contributed by atoms with Crippen molar-refractivity contribution in [1.29, 1.82) is 0 Å². The highest BCUT2D eigenvalue weighted by Crippen LogP contribution is 2.17. The quantitative estimate of drug-likeness (QED) is 0.810. The van der Waals surface area contributed by atoms with E-state index in [4.69, 9.17) is 9.47 Å². The molecule has 2 unspecified atom stereocenters. The van der Waals surface area contributed by atoms with Gasteiger partial charge in [0.2, 0.25) is 0 Å². The fraction of sp³-hybridized carbons (Fsp3) is 0.381. The number of para-hydroxylation sites is 1. The zero-order valence-electron chi connectivity index (χ0n) is 15.4. The number of hydrogen-bond acceptors (Lipinski definition) is 3. The monoisotopic (exact) mass is 354 g/mol. The maximum Gasteiger partial charge on any atom is 0.253 e. The number of benzene rings is 1. The average molecular weight is 354 g/mol. The summed E-state index contributed by atoms with van der Waals surface area (Å²) in [6.45, 7) is 5.78. The molecule has 3 rings (SSSR count). The minimum atomic E-state index is -0.153. The fourth-order valence-electron chi connectivity index (χ4n) is 3.02. The van der Waals surface area contributed by atoms with Gasteiger partial charge in [0, 0.05) is 19.0 Å². The Kier molecular flexibility index (Phi) is 6.26. The third-order valence-corrected chi connectivity index (χ3v) is 4.44. The number of nitrogens with one attached hydrogen (secondary N) is 1. The van der Waals surface area contributed by atoms with Gasteiger partial charge < -0.3 is 19.4 Å². The molecule has 0 saturated carbocycles. The van der Waals surface area contributed by atoms with E-state index >= 15 is 0 Å². The highest BCUT2D eigenvalue weighted by molar-refractivity contribution is 5.98. The van der Waals surface area contributed by atoms with Crippen LogP contribution in [0.2, 0.25) is 0 Å². The zero-order chi connectivity index (χ0) is 18.4. The predicted molar refractivity (Wildman–Crippen MR) is 102 cm³/mol. The number of allylic oxidation sites excluding steroid dienone is 1. The summed E-state index contributed by atoms with van der Waals surface area (Å²) in [4.78, 5) is 12.9. The van der Waals surface area contributed by atoms with Gasteiger partial charge in [-0.25, -0.2) is 0 Å². The molecule has 138 valence electrons. The summed E-state index contributed by atoms with van der Waals surface area (Å²) in [6.07, 6.45) is 6.65. The number of amides is 1. The first-order chi connectivity index (χ1) is 12.6. The number of rotatable bonds is 6. The third kappa shape index (κ3) is 4.62. The lowest BCUT2D eigenvalue weighted by Gasteiger charge is -2.32. The van der Waals surface area contributed by atoms with E-state index in [-0.39, 0.29) is 18.1 Å². The van der Waals surface area contributed by atoms with E-state index in [2.05, 4.69) is 11.4 Å². The molecule has 5 nitrogen and oxygen atoms in total. The van der Waals surface area contributed by atoms with Crippen molar-refractivity contribution in [3.63, 3.8) is 0 Å². The molecule has 1 amide bonds. The highest BCUT2D eigenvalue weighted by atomic mass is 16.5. The van der Waals surface area contributed by atoms with Crippen molar-refractivity contribution in [1.82, 2.24) is 9.88 Å². The maximum absolute atomic E-state index is 12.9. The van der Waals surface area contributed by atoms with Crippen molar-refractivity contribution in [2.75, 3.05) is 19.8 Å². The van der Waals surface area contributed by atoms with E-state index in [1.54, 1.807) is 0 Å². The second-order valence-corrected chi connectivity index (χ2v) is 6.70. The van der Waals surface area contributed by atoms with Crippen molar-refractivity contribution < 1.29 is 14.3 Å². The Morgan fingerprint density at radius 2 is 2.04 bits per heavy atom. The summed E-state index contributed by atoms with van der Waals surface area (Å²) in [5.41, 5.74) is 2.71. The first kappa shape index (κ1) is 18.4. The Morgan fingerprint density at radius 1 is 1.27 bits per heavy atom. The minimum absolute atomic E-state index is 0.0398. The lowest BCUT2D eigenvalue weighted by atomic mass is 10.1. The number of hydrogen-bond donors (Lipinski definition) is 1. The molecule has 1 aromatic heterocycles. The van der Waals surface area contributed by atoms with Crippen LogP contribution in [-0.4, -0.2) is 42.4 Å². The number of ether oxygens (including phenoxy) is 2. The standard InChI is InChI=1S/C21H26N2O3/c1-16(2)9-14-26-20-10-13-25-15-18(20)22-21(24)17-7-3-4-8-19(17)23-11-5-6-12-23/h3-9,11-12,18,20H,10,13-15H2,1-2H3,(H,22,24). The molecule has 1 aromatic carbocycles. The minimum Gasteiger partial charge on any atom is -0.379 e. The molecule has 0 spiro atoms. The van der Waals surface area contributed by atoms with Gasteiger partial charge in [0.1, 0.15) is 0 Å². The van der Waals surface area contributed by atoms with Gasteiger partial charge >= 0.3 is 0 Å². The van der Waals surface area contributed by atoms with E-state index in [9.17, 15) is 4.79 Å². The fourth-order valence-corrected chi connectivity index (χ4v) is 3.02. The zero-order valence-corrected chi connectivity index (χ0v) is 15.4. The van der Waals surface area contributed by atoms with E-state index in [1.165, 1.54) is 5.57 Å². The Morgan fingerprint density at radius 3 is 2.81 bits per heavy atom. The van der Waals surface area contributed by atoms with Crippen molar-refractivity contribution in [3.05, 3.63) is 66.0 Å². The molecule has 1 fully saturated rings. The van der Waals surface area contributed by atoms with Crippen LogP contribution in [0.25, 0.3) is 5.69 Å². The van der Waals surface area contributed by atoms with Gasteiger partial charge in [-0.05, 0) is 44.5 Å². The molecule has 0 aliphatic carbocycles. The number of nitrogens with zero attached hydrogens (tertiary/aromatic N) is 1. The molecule has 0 bridgehead atoms. The molecule has 1 aliphatic rings. The van der Waals surface area contributed by atoms with Crippen LogP contribution < -0.4 is 5.32 Å². The smallest absolute Gasteiger partial charge is 0.253 e. The SMILES string of the molecule is CC(C)=CCOC1CCOCC1NC(=O)c1ccccc1-n1cccc1. The third-order valence-electron chi connectivity index (χ3n) is 4.44. The summed E-state index contributed by atoms with van der Waals surface area (Å²) in [5, 5.41) is 3.10. The van der Waals surface area contributed by atoms with Gasteiger partial charge in [0.05, 0.1) is 36.6 Å². The van der Waals surface area contributed by atoms with Crippen LogP contribution in [0.4, 0.5) is 0 Å². The summed E-state index contributed by atoms with van der Waals surface area (Å²) in [5.74, 6) is -0.111. The molecule has 0 radical (unpaired) electrons. The van der Waals surface area contributed by atoms with E-state index in [1.807, 2.05) is 67.2 Å². The van der Waals surface area contributed by atoms with E-state index in [0.29, 0.717) is 25.4 Å². The number of carbonyl (C=O) groups excluding carboxylic acids is 1. The number of aromatic nitrogens is 1. The average Bonchev–Trinajstić information content (AvgIpc) is 3.17. The Hall–Kier alpha value is -2.37. The summed E-state index contributed by atoms with van der Waals surface area (Å²) < 4.78 is 13.5. The van der Waals surface area contributed by atoms with Gasteiger partial charge in [-0.15, -0.1) is 0 Å². The largest absolute Gasteiger partial charge is 0.379 e. The van der Waals surface area contributed by atoms with Crippen LogP contribution in [0, 0.1) is 0 Å². The van der Waals surface area contributed by atoms with Crippen molar-refractivity contribution >= 4 is 5.91 Å².